The van der Waals surface area contributed by atoms with Crippen molar-refractivity contribution < 1.29 is 0 Å². The molecule has 3 rings (SSSR count). The Morgan fingerprint density at radius 2 is 2.00 bits per heavy atom. The number of aromatic nitrogens is 2. The molecule has 1 N–H and O–H groups in total. The zero-order chi connectivity index (χ0) is 13.9. The molecule has 1 aromatic carbocycles. The standard InChI is InChI=1S/C16H12N4/c1-11-8-16(14-4-2-3-5-15(14)19-11)20-13-7-6-12(9-17)18-10-13/h2-8,10H,1H3,(H,19,20). The van der Waals surface area contributed by atoms with Crippen LogP contribution in [0.1, 0.15) is 11.4 Å². The van der Waals surface area contributed by atoms with Gasteiger partial charge in [-0.25, -0.2) is 4.98 Å². The summed E-state index contributed by atoms with van der Waals surface area (Å²) in [7, 11) is 0. The maximum atomic E-state index is 8.75. The van der Waals surface area contributed by atoms with Crippen molar-refractivity contribution in [1.29, 1.82) is 5.26 Å². The first kappa shape index (κ1) is 12.1. The lowest BCUT2D eigenvalue weighted by atomic mass is 10.1. The predicted molar refractivity (Wildman–Crippen MR) is 78.7 cm³/mol. The van der Waals surface area contributed by atoms with Crippen LogP contribution in [0.5, 0.6) is 0 Å². The molecule has 0 aliphatic heterocycles. The average molecular weight is 260 g/mol. The molecule has 0 aliphatic rings. The number of hydrogen-bond acceptors (Lipinski definition) is 4. The van der Waals surface area contributed by atoms with E-state index in [0.29, 0.717) is 5.69 Å². The molecule has 0 saturated carbocycles. The number of nitrogens with zero attached hydrogens (tertiary/aromatic N) is 3. The molecule has 0 bridgehead atoms. The fourth-order valence-corrected chi connectivity index (χ4v) is 2.10. The smallest absolute Gasteiger partial charge is 0.140 e. The van der Waals surface area contributed by atoms with Gasteiger partial charge in [0.05, 0.1) is 17.4 Å². The topological polar surface area (TPSA) is 61.6 Å². The largest absolute Gasteiger partial charge is 0.354 e. The van der Waals surface area contributed by atoms with Gasteiger partial charge >= 0.3 is 0 Å². The van der Waals surface area contributed by atoms with Gasteiger partial charge < -0.3 is 5.32 Å². The summed E-state index contributed by atoms with van der Waals surface area (Å²) in [6.07, 6.45) is 1.66. The molecule has 0 atom stereocenters. The normalized spacial score (nSPS) is 10.2. The summed E-state index contributed by atoms with van der Waals surface area (Å²) < 4.78 is 0. The summed E-state index contributed by atoms with van der Waals surface area (Å²) in [6.45, 7) is 1.97. The molecule has 2 aromatic heterocycles. The van der Waals surface area contributed by atoms with E-state index >= 15 is 0 Å². The average Bonchev–Trinajstić information content (AvgIpc) is 2.48. The molecule has 0 radical (unpaired) electrons. The number of aryl methyl sites for hydroxylation is 1. The van der Waals surface area contributed by atoms with Crippen LogP contribution in [-0.2, 0) is 0 Å². The molecule has 96 valence electrons. The molecule has 0 saturated heterocycles. The molecule has 4 nitrogen and oxygen atoms in total. The molecular weight excluding hydrogens is 248 g/mol. The quantitative estimate of drug-likeness (QED) is 0.765. The second-order valence-electron chi connectivity index (χ2n) is 4.50. The Morgan fingerprint density at radius 1 is 1.15 bits per heavy atom. The molecule has 0 unspecified atom stereocenters. The lowest BCUT2D eigenvalue weighted by molar-refractivity contribution is 1.24. The van der Waals surface area contributed by atoms with Gasteiger partial charge in [0.25, 0.3) is 0 Å². The highest BCUT2D eigenvalue weighted by molar-refractivity contribution is 5.93. The lowest BCUT2D eigenvalue weighted by Crippen LogP contribution is -1.95. The second-order valence-corrected chi connectivity index (χ2v) is 4.50. The Kier molecular flexibility index (Phi) is 3.02. The van der Waals surface area contributed by atoms with Crippen molar-refractivity contribution in [3.8, 4) is 6.07 Å². The summed E-state index contributed by atoms with van der Waals surface area (Å²) in [5.41, 5.74) is 4.15. The summed E-state index contributed by atoms with van der Waals surface area (Å²) in [6, 6.07) is 15.5. The third kappa shape index (κ3) is 2.29. The van der Waals surface area contributed by atoms with Gasteiger partial charge in [-0.05, 0) is 31.2 Å². The van der Waals surface area contributed by atoms with Crippen molar-refractivity contribution in [3.05, 3.63) is 60.0 Å². The van der Waals surface area contributed by atoms with Crippen LogP contribution in [0.15, 0.2) is 48.7 Å². The highest BCUT2D eigenvalue weighted by Gasteiger charge is 2.04. The fraction of sp³-hybridized carbons (Fsp3) is 0.0625. The number of anilines is 2. The first-order chi connectivity index (χ1) is 9.76. The molecule has 4 heteroatoms. The second kappa shape index (κ2) is 4.98. The maximum absolute atomic E-state index is 8.75. The van der Waals surface area contributed by atoms with Crippen molar-refractivity contribution in [2.24, 2.45) is 0 Å². The number of fused-ring (bicyclic) bond motifs is 1. The van der Waals surface area contributed by atoms with Crippen LogP contribution < -0.4 is 5.32 Å². The number of hydrogen-bond donors (Lipinski definition) is 1. The van der Waals surface area contributed by atoms with Gasteiger partial charge in [0.2, 0.25) is 0 Å². The van der Waals surface area contributed by atoms with Gasteiger partial charge in [-0.15, -0.1) is 0 Å². The van der Waals surface area contributed by atoms with Gasteiger partial charge in [-0.2, -0.15) is 5.26 Å². The van der Waals surface area contributed by atoms with E-state index in [1.807, 2.05) is 49.4 Å². The van der Waals surface area contributed by atoms with Crippen LogP contribution in [0.4, 0.5) is 11.4 Å². The van der Waals surface area contributed by atoms with E-state index in [1.54, 1.807) is 12.3 Å². The zero-order valence-corrected chi connectivity index (χ0v) is 11.0. The number of nitrogens with one attached hydrogen (secondary N) is 1. The Morgan fingerprint density at radius 3 is 2.75 bits per heavy atom. The van der Waals surface area contributed by atoms with Crippen molar-refractivity contribution >= 4 is 22.3 Å². The SMILES string of the molecule is Cc1cc(Nc2ccc(C#N)nc2)c2ccccc2n1. The Hall–Kier alpha value is -2.93. The molecule has 2 heterocycles. The van der Waals surface area contributed by atoms with Gasteiger partial charge in [0.15, 0.2) is 0 Å². The van der Waals surface area contributed by atoms with E-state index in [0.717, 1.165) is 28.0 Å². The number of nitriles is 1. The highest BCUT2D eigenvalue weighted by Crippen LogP contribution is 2.25. The van der Waals surface area contributed by atoms with E-state index < -0.39 is 0 Å². The Bertz CT molecular complexity index is 801. The molecular formula is C16H12N4. The third-order valence-electron chi connectivity index (χ3n) is 3.00. The molecule has 20 heavy (non-hydrogen) atoms. The van der Waals surface area contributed by atoms with E-state index in [-0.39, 0.29) is 0 Å². The maximum Gasteiger partial charge on any atom is 0.140 e. The van der Waals surface area contributed by atoms with E-state index in [9.17, 15) is 0 Å². The van der Waals surface area contributed by atoms with Gasteiger partial charge in [0, 0.05) is 16.8 Å². The van der Waals surface area contributed by atoms with Gasteiger partial charge in [-0.3, -0.25) is 4.98 Å². The Balaban J connectivity index is 2.03. The monoisotopic (exact) mass is 260 g/mol. The third-order valence-corrected chi connectivity index (χ3v) is 3.00. The van der Waals surface area contributed by atoms with Crippen LogP contribution in [0.3, 0.4) is 0 Å². The molecule has 0 amide bonds. The molecule has 3 aromatic rings. The minimum atomic E-state index is 0.409. The van der Waals surface area contributed by atoms with Crippen LogP contribution >= 0.6 is 0 Å². The predicted octanol–water partition coefficient (Wildman–Crippen LogP) is 3.55. The van der Waals surface area contributed by atoms with E-state index in [1.165, 1.54) is 0 Å². The molecule has 0 aliphatic carbocycles. The van der Waals surface area contributed by atoms with Crippen molar-refractivity contribution in [2.75, 3.05) is 5.32 Å². The van der Waals surface area contributed by atoms with Gasteiger partial charge in [-0.1, -0.05) is 18.2 Å². The summed E-state index contributed by atoms with van der Waals surface area (Å²) in [5, 5.41) is 13.1. The number of para-hydroxylation sites is 1. The highest BCUT2D eigenvalue weighted by atomic mass is 14.9. The minimum Gasteiger partial charge on any atom is -0.354 e. The Labute approximate surface area is 116 Å². The van der Waals surface area contributed by atoms with Crippen molar-refractivity contribution in [1.82, 2.24) is 9.97 Å². The number of pyridine rings is 2. The van der Waals surface area contributed by atoms with Crippen LogP contribution in [-0.4, -0.2) is 9.97 Å². The lowest BCUT2D eigenvalue weighted by Gasteiger charge is -2.10. The fourth-order valence-electron chi connectivity index (χ4n) is 2.10. The first-order valence-corrected chi connectivity index (χ1v) is 6.26. The first-order valence-electron chi connectivity index (χ1n) is 6.26. The van der Waals surface area contributed by atoms with Crippen molar-refractivity contribution in [3.63, 3.8) is 0 Å². The van der Waals surface area contributed by atoms with Crippen molar-refractivity contribution in [2.45, 2.75) is 6.92 Å². The molecule has 0 spiro atoms. The van der Waals surface area contributed by atoms with Gasteiger partial charge in [0.1, 0.15) is 11.8 Å². The summed E-state index contributed by atoms with van der Waals surface area (Å²) in [4.78, 5) is 8.56. The molecule has 0 fully saturated rings. The van der Waals surface area contributed by atoms with Crippen LogP contribution in [0, 0.1) is 18.3 Å². The number of rotatable bonds is 2. The minimum absolute atomic E-state index is 0.409. The zero-order valence-electron chi connectivity index (χ0n) is 11.0. The van der Waals surface area contributed by atoms with E-state index in [2.05, 4.69) is 15.3 Å². The van der Waals surface area contributed by atoms with E-state index in [4.69, 9.17) is 5.26 Å². The van der Waals surface area contributed by atoms with Crippen LogP contribution in [0.2, 0.25) is 0 Å². The van der Waals surface area contributed by atoms with Crippen LogP contribution in [0.25, 0.3) is 10.9 Å². The number of benzene rings is 1. The summed E-state index contributed by atoms with van der Waals surface area (Å²) >= 11 is 0. The summed E-state index contributed by atoms with van der Waals surface area (Å²) in [5.74, 6) is 0.